The van der Waals surface area contributed by atoms with Gasteiger partial charge in [-0.25, -0.2) is 4.79 Å². The first kappa shape index (κ1) is 14.7. The lowest BCUT2D eigenvalue weighted by Gasteiger charge is -2.38. The molecule has 5 nitrogen and oxygen atoms in total. The van der Waals surface area contributed by atoms with Crippen molar-refractivity contribution in [2.45, 2.75) is 19.9 Å². The van der Waals surface area contributed by atoms with Crippen LogP contribution in [0.5, 0.6) is 0 Å². The maximum Gasteiger partial charge on any atom is 0.340 e. The minimum atomic E-state index is -0.384. The maximum atomic E-state index is 11.7. The van der Waals surface area contributed by atoms with Crippen molar-refractivity contribution in [3.8, 4) is 0 Å². The quantitative estimate of drug-likeness (QED) is 0.671. The fourth-order valence-corrected chi connectivity index (χ4v) is 2.52. The Labute approximate surface area is 120 Å². The summed E-state index contributed by atoms with van der Waals surface area (Å²) in [5.74, 6) is -0.384. The number of carbonyl (C=O) groups is 1. The number of carbonyl (C=O) groups excluding carboxylic acids is 1. The average Bonchev–Trinajstić information content (AvgIpc) is 2.47. The summed E-state index contributed by atoms with van der Waals surface area (Å²) in [6.45, 7) is 8.43. The number of hydrogen-bond acceptors (Lipinski definition) is 5. The number of benzene rings is 1. The van der Waals surface area contributed by atoms with Crippen LogP contribution >= 0.6 is 0 Å². The summed E-state index contributed by atoms with van der Waals surface area (Å²) in [5.41, 5.74) is 7.76. The summed E-state index contributed by atoms with van der Waals surface area (Å²) in [4.78, 5) is 16.4. The van der Waals surface area contributed by atoms with Crippen LogP contribution in [-0.2, 0) is 4.74 Å². The van der Waals surface area contributed by atoms with E-state index in [1.165, 1.54) is 7.11 Å². The monoisotopic (exact) mass is 277 g/mol. The number of piperazine rings is 1. The zero-order valence-corrected chi connectivity index (χ0v) is 12.4. The van der Waals surface area contributed by atoms with Gasteiger partial charge >= 0.3 is 5.97 Å². The van der Waals surface area contributed by atoms with Gasteiger partial charge in [0.15, 0.2) is 0 Å². The van der Waals surface area contributed by atoms with E-state index >= 15 is 0 Å². The Bertz CT molecular complexity index is 480. The molecule has 0 bridgehead atoms. The van der Waals surface area contributed by atoms with Gasteiger partial charge in [-0.05, 0) is 32.0 Å². The van der Waals surface area contributed by atoms with E-state index in [1.807, 2.05) is 12.1 Å². The highest BCUT2D eigenvalue weighted by Crippen LogP contribution is 2.23. The summed E-state index contributed by atoms with van der Waals surface area (Å²) in [6, 6.07) is 6.14. The van der Waals surface area contributed by atoms with Crippen LogP contribution in [0.2, 0.25) is 0 Å². The highest BCUT2D eigenvalue weighted by molar-refractivity contribution is 5.96. The van der Waals surface area contributed by atoms with Crippen molar-refractivity contribution in [2.24, 2.45) is 0 Å². The van der Waals surface area contributed by atoms with Crippen molar-refractivity contribution in [3.63, 3.8) is 0 Å². The summed E-state index contributed by atoms with van der Waals surface area (Å²) < 4.78 is 4.76. The number of anilines is 2. The number of rotatable bonds is 3. The highest BCUT2D eigenvalue weighted by Gasteiger charge is 2.20. The van der Waals surface area contributed by atoms with Crippen molar-refractivity contribution in [3.05, 3.63) is 23.8 Å². The first-order valence-electron chi connectivity index (χ1n) is 6.99. The van der Waals surface area contributed by atoms with Crippen LogP contribution in [-0.4, -0.2) is 50.2 Å². The van der Waals surface area contributed by atoms with Crippen LogP contribution in [0.4, 0.5) is 11.4 Å². The van der Waals surface area contributed by atoms with Gasteiger partial charge in [0.25, 0.3) is 0 Å². The number of nitrogen functional groups attached to an aromatic ring is 1. The van der Waals surface area contributed by atoms with Gasteiger partial charge in [0.1, 0.15) is 0 Å². The summed E-state index contributed by atoms with van der Waals surface area (Å²) >= 11 is 0. The normalized spacial score (nSPS) is 16.5. The molecule has 1 saturated heterocycles. The van der Waals surface area contributed by atoms with Crippen molar-refractivity contribution < 1.29 is 9.53 Å². The highest BCUT2D eigenvalue weighted by atomic mass is 16.5. The molecular formula is C15H23N3O2. The Balaban J connectivity index is 2.12. The van der Waals surface area contributed by atoms with E-state index in [1.54, 1.807) is 6.07 Å². The molecule has 1 aromatic carbocycles. The number of esters is 1. The Morgan fingerprint density at radius 2 is 1.90 bits per heavy atom. The first-order valence-corrected chi connectivity index (χ1v) is 6.99. The molecule has 0 aromatic heterocycles. The molecule has 1 fully saturated rings. The Hall–Kier alpha value is -1.75. The Morgan fingerprint density at radius 3 is 2.45 bits per heavy atom. The van der Waals surface area contributed by atoms with Crippen molar-refractivity contribution >= 4 is 17.3 Å². The van der Waals surface area contributed by atoms with E-state index in [9.17, 15) is 4.79 Å². The Kier molecular flexibility index (Phi) is 4.49. The molecule has 1 aliphatic rings. The molecule has 5 heteroatoms. The van der Waals surface area contributed by atoms with E-state index in [0.717, 1.165) is 31.9 Å². The standard InChI is InChI=1S/C15H23N3O2/c1-11(2)17-6-8-18(9-7-17)12-4-5-14(16)13(10-12)15(19)20-3/h4-5,10-11H,6-9,16H2,1-3H3. The van der Waals surface area contributed by atoms with E-state index in [-0.39, 0.29) is 5.97 Å². The molecule has 0 spiro atoms. The van der Waals surface area contributed by atoms with Gasteiger partial charge in [0.2, 0.25) is 0 Å². The van der Waals surface area contributed by atoms with Gasteiger partial charge in [0, 0.05) is 43.6 Å². The molecular weight excluding hydrogens is 254 g/mol. The third-order valence-corrected chi connectivity index (χ3v) is 3.85. The summed E-state index contributed by atoms with van der Waals surface area (Å²) in [6.07, 6.45) is 0. The number of methoxy groups -OCH3 is 1. The van der Waals surface area contributed by atoms with Gasteiger partial charge in [0.05, 0.1) is 12.7 Å². The van der Waals surface area contributed by atoms with Crippen LogP contribution in [0.3, 0.4) is 0 Å². The van der Waals surface area contributed by atoms with E-state index in [4.69, 9.17) is 10.5 Å². The average molecular weight is 277 g/mol. The molecule has 2 N–H and O–H groups in total. The van der Waals surface area contributed by atoms with Gasteiger partial charge in [-0.2, -0.15) is 0 Å². The number of nitrogens with zero attached hydrogens (tertiary/aromatic N) is 2. The molecule has 0 saturated carbocycles. The largest absolute Gasteiger partial charge is 0.465 e. The number of nitrogens with two attached hydrogens (primary N) is 1. The minimum Gasteiger partial charge on any atom is -0.465 e. The van der Waals surface area contributed by atoms with Crippen LogP contribution in [0.25, 0.3) is 0 Å². The zero-order chi connectivity index (χ0) is 14.7. The predicted molar refractivity (Wildman–Crippen MR) is 81.1 cm³/mol. The van der Waals surface area contributed by atoms with Crippen molar-refractivity contribution in [1.29, 1.82) is 0 Å². The third kappa shape index (κ3) is 3.04. The van der Waals surface area contributed by atoms with Gasteiger partial charge in [-0.1, -0.05) is 0 Å². The van der Waals surface area contributed by atoms with Crippen LogP contribution in [0.1, 0.15) is 24.2 Å². The van der Waals surface area contributed by atoms with Gasteiger partial charge in [-0.15, -0.1) is 0 Å². The van der Waals surface area contributed by atoms with Crippen LogP contribution in [0.15, 0.2) is 18.2 Å². The SMILES string of the molecule is COC(=O)c1cc(N2CCN(C(C)C)CC2)ccc1N. The lowest BCUT2D eigenvalue weighted by atomic mass is 10.1. The lowest BCUT2D eigenvalue weighted by molar-refractivity contribution is 0.0602. The molecule has 1 aromatic rings. The van der Waals surface area contributed by atoms with Gasteiger partial charge in [-0.3, -0.25) is 4.90 Å². The molecule has 110 valence electrons. The van der Waals surface area contributed by atoms with Crippen molar-refractivity contribution in [2.75, 3.05) is 43.9 Å². The molecule has 1 heterocycles. The molecule has 0 radical (unpaired) electrons. The number of hydrogen-bond donors (Lipinski definition) is 1. The smallest absolute Gasteiger partial charge is 0.340 e. The topological polar surface area (TPSA) is 58.8 Å². The predicted octanol–water partition coefficient (Wildman–Crippen LogP) is 1.59. The van der Waals surface area contributed by atoms with Gasteiger partial charge < -0.3 is 15.4 Å². The second-order valence-electron chi connectivity index (χ2n) is 5.38. The summed E-state index contributed by atoms with van der Waals surface area (Å²) in [5, 5.41) is 0. The molecule has 0 unspecified atom stereocenters. The second kappa shape index (κ2) is 6.13. The van der Waals surface area contributed by atoms with E-state index in [0.29, 0.717) is 17.3 Å². The molecule has 20 heavy (non-hydrogen) atoms. The molecule has 0 atom stereocenters. The lowest BCUT2D eigenvalue weighted by Crippen LogP contribution is -2.48. The molecule has 1 aliphatic heterocycles. The maximum absolute atomic E-state index is 11.7. The fraction of sp³-hybridized carbons (Fsp3) is 0.533. The Morgan fingerprint density at radius 1 is 1.25 bits per heavy atom. The van der Waals surface area contributed by atoms with E-state index in [2.05, 4.69) is 23.6 Å². The van der Waals surface area contributed by atoms with Crippen LogP contribution < -0.4 is 10.6 Å². The number of ether oxygens (including phenoxy) is 1. The van der Waals surface area contributed by atoms with E-state index < -0.39 is 0 Å². The van der Waals surface area contributed by atoms with Crippen LogP contribution in [0, 0.1) is 0 Å². The minimum absolute atomic E-state index is 0.384. The second-order valence-corrected chi connectivity index (χ2v) is 5.38. The molecule has 0 aliphatic carbocycles. The van der Waals surface area contributed by atoms with Crippen molar-refractivity contribution in [1.82, 2.24) is 4.90 Å². The summed E-state index contributed by atoms with van der Waals surface area (Å²) in [7, 11) is 1.37. The fourth-order valence-electron chi connectivity index (χ4n) is 2.52. The third-order valence-electron chi connectivity index (χ3n) is 3.85. The molecule has 0 amide bonds. The first-order chi connectivity index (χ1) is 9.52. The zero-order valence-electron chi connectivity index (χ0n) is 12.4. The molecule has 2 rings (SSSR count).